The average molecular weight is 520 g/mol. The van der Waals surface area contributed by atoms with E-state index in [-0.39, 0.29) is 22.6 Å². The maximum atomic E-state index is 13.2. The number of carbonyl (C=O) groups is 2. The van der Waals surface area contributed by atoms with E-state index in [1.54, 1.807) is 36.9 Å². The van der Waals surface area contributed by atoms with Gasteiger partial charge in [0.25, 0.3) is 15.9 Å². The summed E-state index contributed by atoms with van der Waals surface area (Å²) in [6.07, 6.45) is 0. The Balaban J connectivity index is 1.48. The molecule has 1 heterocycles. The summed E-state index contributed by atoms with van der Waals surface area (Å²) in [5, 5.41) is 0. The second-order valence-electron chi connectivity index (χ2n) is 9.10. The summed E-state index contributed by atoms with van der Waals surface area (Å²) < 4.78 is 32.7. The molecule has 1 aliphatic heterocycles. The Morgan fingerprint density at radius 1 is 0.865 bits per heavy atom. The first-order valence-electron chi connectivity index (χ1n) is 12.0. The maximum Gasteiger partial charge on any atom is 0.331 e. The van der Waals surface area contributed by atoms with Gasteiger partial charge in [0.2, 0.25) is 0 Å². The van der Waals surface area contributed by atoms with Crippen molar-refractivity contribution in [3.05, 3.63) is 102 Å². The Labute approximate surface area is 217 Å². The number of fused-ring (bicyclic) bond motifs is 1. The highest BCUT2D eigenvalue weighted by Gasteiger charge is 2.33. The van der Waals surface area contributed by atoms with Crippen LogP contribution in [0.25, 0.3) is 0 Å². The molecule has 0 fully saturated rings. The van der Waals surface area contributed by atoms with Gasteiger partial charge in [0.15, 0.2) is 12.6 Å². The molecule has 3 aromatic rings. The van der Waals surface area contributed by atoms with E-state index in [2.05, 4.69) is 9.71 Å². The number of benzene rings is 3. The van der Waals surface area contributed by atoms with Crippen molar-refractivity contribution in [2.75, 3.05) is 6.61 Å². The van der Waals surface area contributed by atoms with Gasteiger partial charge in [-0.3, -0.25) is 14.5 Å². The van der Waals surface area contributed by atoms with Crippen LogP contribution in [0.5, 0.6) is 0 Å². The number of amides is 1. The number of hydrogen-bond acceptors (Lipinski definition) is 6. The maximum absolute atomic E-state index is 13.2. The molecule has 0 saturated heterocycles. The Kier molecular flexibility index (Phi) is 8.03. The molecular weight excluding hydrogens is 490 g/mol. The van der Waals surface area contributed by atoms with Crippen LogP contribution in [0.1, 0.15) is 30.5 Å². The lowest BCUT2D eigenvalue weighted by Crippen LogP contribution is -2.37. The highest BCUT2D eigenvalue weighted by molar-refractivity contribution is 7.90. The van der Waals surface area contributed by atoms with Gasteiger partial charge in [-0.05, 0) is 29.2 Å². The number of carbonyl (C=O) groups excluding carboxylic acids is 2. The van der Waals surface area contributed by atoms with E-state index in [1.165, 1.54) is 6.07 Å². The van der Waals surface area contributed by atoms with E-state index in [4.69, 9.17) is 4.74 Å². The van der Waals surface area contributed by atoms with Gasteiger partial charge >= 0.3 is 5.97 Å². The fraction of sp³-hybridized carbons (Fsp3) is 0.250. The van der Waals surface area contributed by atoms with Crippen LogP contribution in [0.3, 0.4) is 0 Å². The topological polar surface area (TPSA) is 105 Å². The van der Waals surface area contributed by atoms with Gasteiger partial charge < -0.3 is 9.64 Å². The molecule has 0 unspecified atom stereocenters. The second kappa shape index (κ2) is 11.4. The van der Waals surface area contributed by atoms with Crippen LogP contribution in [0.15, 0.2) is 94.8 Å². The van der Waals surface area contributed by atoms with Crippen LogP contribution < -0.4 is 4.72 Å². The summed E-state index contributed by atoms with van der Waals surface area (Å²) in [6, 6.07) is 24.6. The van der Waals surface area contributed by atoms with Crippen molar-refractivity contribution in [1.29, 1.82) is 0 Å². The number of esters is 1. The van der Waals surface area contributed by atoms with Crippen molar-refractivity contribution in [3.8, 4) is 0 Å². The minimum absolute atomic E-state index is 0.0901. The summed E-state index contributed by atoms with van der Waals surface area (Å²) in [4.78, 5) is 32.3. The van der Waals surface area contributed by atoms with Crippen molar-refractivity contribution in [1.82, 2.24) is 9.62 Å². The minimum atomic E-state index is -3.74. The van der Waals surface area contributed by atoms with Gasteiger partial charge in [-0.2, -0.15) is 0 Å². The zero-order chi connectivity index (χ0) is 26.4. The first-order chi connectivity index (χ1) is 17.7. The average Bonchev–Trinajstić information content (AvgIpc) is 3.16. The third kappa shape index (κ3) is 6.42. The van der Waals surface area contributed by atoms with E-state index in [1.807, 2.05) is 60.7 Å². The molecule has 0 aromatic heterocycles. The predicted octanol–water partition coefficient (Wildman–Crippen LogP) is 3.52. The molecule has 1 amide bonds. The first-order valence-corrected chi connectivity index (χ1v) is 13.4. The van der Waals surface area contributed by atoms with Crippen molar-refractivity contribution in [3.63, 3.8) is 0 Å². The number of ether oxygens (including phenoxy) is 1. The van der Waals surface area contributed by atoms with E-state index in [0.717, 1.165) is 11.1 Å². The number of rotatable bonds is 9. The zero-order valence-electron chi connectivity index (χ0n) is 20.7. The van der Waals surface area contributed by atoms with Gasteiger partial charge in [-0.15, -0.1) is 0 Å². The Morgan fingerprint density at radius 3 is 1.97 bits per heavy atom. The van der Waals surface area contributed by atoms with Gasteiger partial charge in [-0.1, -0.05) is 86.6 Å². The fourth-order valence-electron chi connectivity index (χ4n) is 3.99. The molecule has 1 N–H and O–H groups in total. The van der Waals surface area contributed by atoms with E-state index in [0.29, 0.717) is 18.7 Å². The van der Waals surface area contributed by atoms with E-state index >= 15 is 0 Å². The van der Waals surface area contributed by atoms with Crippen LogP contribution in [0.2, 0.25) is 0 Å². The van der Waals surface area contributed by atoms with Crippen LogP contribution >= 0.6 is 0 Å². The first kappa shape index (κ1) is 26.1. The summed E-state index contributed by atoms with van der Waals surface area (Å²) in [5.74, 6) is -1.24. The van der Waals surface area contributed by atoms with Gasteiger partial charge in [0, 0.05) is 18.7 Å². The highest BCUT2D eigenvalue weighted by Crippen LogP contribution is 2.23. The monoisotopic (exact) mass is 519 g/mol. The van der Waals surface area contributed by atoms with E-state index < -0.39 is 28.6 Å². The largest absolute Gasteiger partial charge is 0.454 e. The minimum Gasteiger partial charge on any atom is -0.454 e. The molecule has 37 heavy (non-hydrogen) atoms. The zero-order valence-corrected chi connectivity index (χ0v) is 21.5. The van der Waals surface area contributed by atoms with E-state index in [9.17, 15) is 18.0 Å². The molecule has 1 aliphatic rings. The molecule has 192 valence electrons. The van der Waals surface area contributed by atoms with Crippen LogP contribution in [0.4, 0.5) is 0 Å². The van der Waals surface area contributed by atoms with Gasteiger partial charge in [0.05, 0.1) is 4.90 Å². The Hall–Kier alpha value is -3.98. The summed E-state index contributed by atoms with van der Waals surface area (Å²) >= 11 is 0. The molecule has 0 radical (unpaired) electrons. The van der Waals surface area contributed by atoms with Crippen molar-refractivity contribution in [2.24, 2.45) is 10.9 Å². The third-order valence-electron chi connectivity index (χ3n) is 5.93. The highest BCUT2D eigenvalue weighted by atomic mass is 32.2. The van der Waals surface area contributed by atoms with Crippen molar-refractivity contribution in [2.45, 2.75) is 37.9 Å². The number of hydrogen-bond donors (Lipinski definition) is 1. The molecule has 9 heteroatoms. The standard InChI is InChI=1S/C28H29N3O5S/c1-20(2)26(29-27-23-15-9-10-16-24(23)37(34,35)30-27)28(33)36-19-25(32)31(17-21-11-5-3-6-12-21)18-22-13-7-4-8-14-22/h3-16,20,26H,17-19H2,1-2H3,(H,29,30)/t26-/m0/s1. The number of amidine groups is 1. The molecule has 0 aliphatic carbocycles. The molecule has 0 bridgehead atoms. The third-order valence-corrected chi connectivity index (χ3v) is 7.32. The molecule has 1 atom stereocenters. The number of sulfonamides is 1. The molecular formula is C28H29N3O5S. The summed E-state index contributed by atoms with van der Waals surface area (Å²) in [6.45, 7) is 3.84. The van der Waals surface area contributed by atoms with Crippen LogP contribution in [-0.2, 0) is 37.4 Å². The smallest absolute Gasteiger partial charge is 0.331 e. The van der Waals surface area contributed by atoms with Gasteiger partial charge in [0.1, 0.15) is 5.84 Å². The Bertz CT molecular complexity index is 1350. The molecule has 3 aromatic carbocycles. The summed E-state index contributed by atoms with van der Waals surface area (Å²) in [7, 11) is -3.74. The SMILES string of the molecule is CC(C)[C@H](N=C1NS(=O)(=O)c2ccccc21)C(=O)OCC(=O)N(Cc1ccccc1)Cc1ccccc1. The predicted molar refractivity (Wildman–Crippen MR) is 140 cm³/mol. The van der Waals surface area contributed by atoms with Crippen LogP contribution in [-0.4, -0.2) is 43.7 Å². The molecule has 0 saturated carbocycles. The lowest BCUT2D eigenvalue weighted by molar-refractivity contribution is -0.154. The van der Waals surface area contributed by atoms with Crippen molar-refractivity contribution >= 4 is 27.7 Å². The van der Waals surface area contributed by atoms with Crippen LogP contribution in [0, 0.1) is 5.92 Å². The lowest BCUT2D eigenvalue weighted by Gasteiger charge is -2.24. The number of nitrogens with one attached hydrogen (secondary N) is 1. The second-order valence-corrected chi connectivity index (χ2v) is 10.7. The molecule has 0 spiro atoms. The molecule has 4 rings (SSSR count). The Morgan fingerprint density at radius 2 is 1.41 bits per heavy atom. The molecule has 8 nitrogen and oxygen atoms in total. The van der Waals surface area contributed by atoms with Gasteiger partial charge in [-0.25, -0.2) is 13.2 Å². The summed E-state index contributed by atoms with van der Waals surface area (Å²) in [5.41, 5.74) is 2.31. The number of aliphatic imine (C=N–C) groups is 1. The normalized spacial score (nSPS) is 15.6. The van der Waals surface area contributed by atoms with Crippen molar-refractivity contribution < 1.29 is 22.7 Å². The number of nitrogens with zero attached hydrogens (tertiary/aromatic N) is 2. The fourth-order valence-corrected chi connectivity index (χ4v) is 5.23. The lowest BCUT2D eigenvalue weighted by atomic mass is 10.1. The quantitative estimate of drug-likeness (QED) is 0.436.